The van der Waals surface area contributed by atoms with Crippen molar-refractivity contribution in [3.8, 4) is 0 Å². The lowest BCUT2D eigenvalue weighted by Crippen LogP contribution is -2.86. The lowest BCUT2D eigenvalue weighted by atomic mass is 10.1. The van der Waals surface area contributed by atoms with Gasteiger partial charge in [-0.25, -0.2) is 0 Å². The first-order valence-corrected chi connectivity index (χ1v) is 7.45. The van der Waals surface area contributed by atoms with Crippen LogP contribution in [0.15, 0.2) is 48.5 Å². The van der Waals surface area contributed by atoms with Crippen molar-refractivity contribution in [1.82, 2.24) is 0 Å². The van der Waals surface area contributed by atoms with Gasteiger partial charge in [-0.2, -0.15) is 0 Å². The molecule has 1 amide bonds. The molecule has 0 saturated heterocycles. The molecule has 0 saturated carbocycles. The Kier molecular flexibility index (Phi) is 5.62. The van der Waals surface area contributed by atoms with E-state index in [1.807, 2.05) is 35.6 Å². The summed E-state index contributed by atoms with van der Waals surface area (Å²) in [7, 11) is 0. The Morgan fingerprint density at radius 1 is 1.10 bits per heavy atom. The number of quaternary nitrogens is 1. The Balaban J connectivity index is 1.91. The van der Waals surface area contributed by atoms with Crippen molar-refractivity contribution in [2.75, 3.05) is 11.9 Å². The number of hydrogen-bond donors (Lipinski definition) is 2. The second kappa shape index (κ2) is 7.46. The molecule has 0 fully saturated rings. The molecular weight excluding hydrogens is 307 g/mol. The van der Waals surface area contributed by atoms with E-state index in [1.165, 1.54) is 5.56 Å². The molecule has 2 aromatic rings. The molecule has 21 heavy (non-hydrogen) atoms. The van der Waals surface area contributed by atoms with Crippen molar-refractivity contribution in [2.45, 2.75) is 13.0 Å². The SMILES string of the molecule is C[C@@H]([NH2+]CC(=O)Nc1c(Cl)cccc1Cl)c1ccccc1. The van der Waals surface area contributed by atoms with Gasteiger partial charge in [0, 0.05) is 5.56 Å². The molecule has 0 aromatic heterocycles. The molecule has 3 N–H and O–H groups in total. The number of anilines is 1. The van der Waals surface area contributed by atoms with Crippen LogP contribution >= 0.6 is 23.2 Å². The molecule has 0 aliphatic carbocycles. The normalized spacial score (nSPS) is 12.0. The lowest BCUT2D eigenvalue weighted by molar-refractivity contribution is -0.682. The van der Waals surface area contributed by atoms with Crippen LogP contribution in [0.4, 0.5) is 5.69 Å². The van der Waals surface area contributed by atoms with E-state index in [0.29, 0.717) is 22.3 Å². The average molecular weight is 324 g/mol. The largest absolute Gasteiger partial charge is 0.333 e. The highest BCUT2D eigenvalue weighted by atomic mass is 35.5. The van der Waals surface area contributed by atoms with E-state index in [1.54, 1.807) is 18.2 Å². The number of amides is 1. The molecule has 2 rings (SSSR count). The van der Waals surface area contributed by atoms with Gasteiger partial charge in [0.1, 0.15) is 6.04 Å². The number of nitrogens with one attached hydrogen (secondary N) is 1. The molecule has 0 aliphatic heterocycles. The summed E-state index contributed by atoms with van der Waals surface area (Å²) in [6.45, 7) is 2.36. The van der Waals surface area contributed by atoms with Gasteiger partial charge in [-0.1, -0.05) is 59.6 Å². The molecule has 0 radical (unpaired) electrons. The third-order valence-corrected chi connectivity index (χ3v) is 3.84. The maximum Gasteiger partial charge on any atom is 0.279 e. The number of benzene rings is 2. The number of para-hydroxylation sites is 1. The quantitative estimate of drug-likeness (QED) is 0.871. The zero-order chi connectivity index (χ0) is 15.2. The molecule has 3 nitrogen and oxygen atoms in total. The van der Waals surface area contributed by atoms with E-state index in [9.17, 15) is 4.79 Å². The number of halogens is 2. The monoisotopic (exact) mass is 323 g/mol. The highest BCUT2D eigenvalue weighted by Crippen LogP contribution is 2.29. The number of nitrogens with two attached hydrogens (primary N) is 1. The summed E-state index contributed by atoms with van der Waals surface area (Å²) in [5.41, 5.74) is 1.65. The third kappa shape index (κ3) is 4.46. The minimum atomic E-state index is -0.132. The van der Waals surface area contributed by atoms with Crippen molar-refractivity contribution < 1.29 is 10.1 Å². The summed E-state index contributed by atoms with van der Waals surface area (Å²) < 4.78 is 0. The molecule has 0 unspecified atom stereocenters. The molecular formula is C16H17Cl2N2O+. The molecule has 110 valence electrons. The lowest BCUT2D eigenvalue weighted by Gasteiger charge is -2.12. The molecule has 0 bridgehead atoms. The predicted octanol–water partition coefficient (Wildman–Crippen LogP) is 3.26. The number of carbonyl (C=O) groups is 1. The Labute approximate surface area is 134 Å². The van der Waals surface area contributed by atoms with Gasteiger partial charge in [0.25, 0.3) is 5.91 Å². The van der Waals surface area contributed by atoms with Crippen molar-refractivity contribution in [3.05, 3.63) is 64.1 Å². The van der Waals surface area contributed by atoms with Crippen LogP contribution in [0.5, 0.6) is 0 Å². The van der Waals surface area contributed by atoms with Crippen LogP contribution in [0.25, 0.3) is 0 Å². The van der Waals surface area contributed by atoms with E-state index in [4.69, 9.17) is 23.2 Å². The fourth-order valence-electron chi connectivity index (χ4n) is 1.98. The molecule has 1 atom stereocenters. The van der Waals surface area contributed by atoms with Crippen LogP contribution in [-0.4, -0.2) is 12.5 Å². The standard InChI is InChI=1S/C16H16Cl2N2O/c1-11(12-6-3-2-4-7-12)19-10-15(21)20-16-13(17)8-5-9-14(16)18/h2-9,11,19H,10H2,1H3,(H,20,21)/p+1/t11-/m1/s1. The van der Waals surface area contributed by atoms with Crippen LogP contribution in [0.2, 0.25) is 10.0 Å². The average Bonchev–Trinajstić information content (AvgIpc) is 2.49. The summed E-state index contributed by atoms with van der Waals surface area (Å²) >= 11 is 12.0. The number of carbonyl (C=O) groups excluding carboxylic acids is 1. The Bertz CT molecular complexity index is 597. The zero-order valence-corrected chi connectivity index (χ0v) is 13.2. The summed E-state index contributed by atoms with van der Waals surface area (Å²) in [5.74, 6) is -0.132. The molecule has 0 heterocycles. The van der Waals surface area contributed by atoms with E-state index in [-0.39, 0.29) is 11.9 Å². The van der Waals surface area contributed by atoms with Crippen LogP contribution in [0.3, 0.4) is 0 Å². The summed E-state index contributed by atoms with van der Waals surface area (Å²) in [6, 6.07) is 15.4. The fourth-order valence-corrected chi connectivity index (χ4v) is 2.48. The molecule has 0 aliphatic rings. The fraction of sp³-hybridized carbons (Fsp3) is 0.188. The van der Waals surface area contributed by atoms with E-state index in [2.05, 4.69) is 12.2 Å². The maximum atomic E-state index is 12.0. The highest BCUT2D eigenvalue weighted by molar-refractivity contribution is 6.39. The maximum absolute atomic E-state index is 12.0. The van der Waals surface area contributed by atoms with Crippen molar-refractivity contribution in [2.24, 2.45) is 0 Å². The summed E-state index contributed by atoms with van der Waals surface area (Å²) in [6.07, 6.45) is 0. The number of rotatable bonds is 5. The zero-order valence-electron chi connectivity index (χ0n) is 11.6. The van der Waals surface area contributed by atoms with Gasteiger partial charge in [-0.15, -0.1) is 0 Å². The predicted molar refractivity (Wildman–Crippen MR) is 86.7 cm³/mol. The van der Waals surface area contributed by atoms with Crippen LogP contribution in [-0.2, 0) is 4.79 Å². The topological polar surface area (TPSA) is 45.7 Å². The first kappa shape index (κ1) is 15.8. The molecule has 0 spiro atoms. The summed E-state index contributed by atoms with van der Waals surface area (Å²) in [4.78, 5) is 12.0. The summed E-state index contributed by atoms with van der Waals surface area (Å²) in [5, 5.41) is 5.59. The Morgan fingerprint density at radius 2 is 1.71 bits per heavy atom. The van der Waals surface area contributed by atoms with E-state index in [0.717, 1.165) is 0 Å². The molecule has 2 aromatic carbocycles. The van der Waals surface area contributed by atoms with Gasteiger partial charge in [-0.3, -0.25) is 4.79 Å². The van der Waals surface area contributed by atoms with Crippen molar-refractivity contribution >= 4 is 34.8 Å². The Hall–Kier alpha value is -1.55. The number of hydrogen-bond acceptors (Lipinski definition) is 1. The third-order valence-electron chi connectivity index (χ3n) is 3.21. The van der Waals surface area contributed by atoms with Crippen molar-refractivity contribution in [3.63, 3.8) is 0 Å². The van der Waals surface area contributed by atoms with Gasteiger partial charge >= 0.3 is 0 Å². The van der Waals surface area contributed by atoms with Gasteiger partial charge in [0.2, 0.25) is 0 Å². The smallest absolute Gasteiger partial charge is 0.279 e. The van der Waals surface area contributed by atoms with Crippen LogP contribution in [0.1, 0.15) is 18.5 Å². The minimum Gasteiger partial charge on any atom is -0.333 e. The second-order valence-corrected chi connectivity index (χ2v) is 5.60. The van der Waals surface area contributed by atoms with Crippen LogP contribution < -0.4 is 10.6 Å². The van der Waals surface area contributed by atoms with Gasteiger partial charge in [0.15, 0.2) is 6.54 Å². The van der Waals surface area contributed by atoms with Gasteiger partial charge in [0.05, 0.1) is 15.7 Å². The van der Waals surface area contributed by atoms with E-state index < -0.39 is 0 Å². The molecule has 5 heteroatoms. The first-order valence-electron chi connectivity index (χ1n) is 6.70. The van der Waals surface area contributed by atoms with Crippen molar-refractivity contribution in [1.29, 1.82) is 0 Å². The minimum absolute atomic E-state index is 0.132. The van der Waals surface area contributed by atoms with Gasteiger partial charge in [-0.05, 0) is 19.1 Å². The second-order valence-electron chi connectivity index (χ2n) is 4.78. The first-order chi connectivity index (χ1) is 10.1. The Morgan fingerprint density at radius 3 is 2.33 bits per heavy atom. The van der Waals surface area contributed by atoms with E-state index >= 15 is 0 Å². The van der Waals surface area contributed by atoms with Crippen LogP contribution in [0, 0.1) is 0 Å². The van der Waals surface area contributed by atoms with Gasteiger partial charge < -0.3 is 10.6 Å². The highest BCUT2D eigenvalue weighted by Gasteiger charge is 2.13.